The summed E-state index contributed by atoms with van der Waals surface area (Å²) in [5.41, 5.74) is 0.893. The first-order chi connectivity index (χ1) is 8.74. The molecule has 0 aliphatic heterocycles. The van der Waals surface area contributed by atoms with Gasteiger partial charge in [-0.1, -0.05) is 30.0 Å². The Balaban J connectivity index is 1.85. The van der Waals surface area contributed by atoms with E-state index < -0.39 is 0 Å². The van der Waals surface area contributed by atoms with Gasteiger partial charge in [0.15, 0.2) is 0 Å². The Morgan fingerprint density at radius 2 is 2.17 bits per heavy atom. The zero-order valence-electron chi connectivity index (χ0n) is 10.1. The predicted octanol–water partition coefficient (Wildman–Crippen LogP) is 2.67. The molecule has 0 saturated carbocycles. The van der Waals surface area contributed by atoms with E-state index in [0.717, 1.165) is 16.5 Å². The molecule has 0 atom stereocenters. The van der Waals surface area contributed by atoms with Gasteiger partial charge in [0.1, 0.15) is 23.2 Å². The minimum atomic E-state index is 0.144. The number of aromatic amines is 1. The number of para-hydroxylation sites is 1. The molecule has 0 fully saturated rings. The van der Waals surface area contributed by atoms with Crippen molar-refractivity contribution in [3.63, 3.8) is 0 Å². The van der Waals surface area contributed by atoms with E-state index in [1.165, 1.54) is 11.8 Å². The molecule has 0 bridgehead atoms. The van der Waals surface area contributed by atoms with Crippen molar-refractivity contribution in [2.45, 2.75) is 18.6 Å². The Morgan fingerprint density at radius 1 is 1.39 bits per heavy atom. The van der Waals surface area contributed by atoms with E-state index in [9.17, 15) is 4.79 Å². The van der Waals surface area contributed by atoms with Gasteiger partial charge in [-0.3, -0.25) is 9.89 Å². The smallest absolute Gasteiger partial charge is 0.140 e. The molecule has 1 aromatic carbocycles. The van der Waals surface area contributed by atoms with Gasteiger partial charge in [-0.2, -0.15) is 5.10 Å². The summed E-state index contributed by atoms with van der Waals surface area (Å²) in [6, 6.07) is 11.5. The molecule has 0 aliphatic carbocycles. The van der Waals surface area contributed by atoms with Crippen LogP contribution in [-0.4, -0.2) is 21.7 Å². The van der Waals surface area contributed by atoms with Crippen LogP contribution in [-0.2, 0) is 11.4 Å². The SMILES string of the molecule is CC(=O)CSc1cc(COc2ccccc2)[nH]n1. The minimum Gasteiger partial charge on any atom is -0.487 e. The van der Waals surface area contributed by atoms with Gasteiger partial charge in [0.25, 0.3) is 0 Å². The second-order valence-corrected chi connectivity index (χ2v) is 4.82. The van der Waals surface area contributed by atoms with Crippen LogP contribution < -0.4 is 4.74 Å². The summed E-state index contributed by atoms with van der Waals surface area (Å²) in [5.74, 6) is 1.42. The van der Waals surface area contributed by atoms with Crippen LogP contribution in [0.1, 0.15) is 12.6 Å². The van der Waals surface area contributed by atoms with Crippen molar-refractivity contribution in [3.8, 4) is 5.75 Å². The molecule has 0 amide bonds. The first-order valence-corrected chi connectivity index (χ1v) is 6.57. The Kier molecular flexibility index (Phi) is 4.41. The van der Waals surface area contributed by atoms with Crippen molar-refractivity contribution in [1.82, 2.24) is 10.2 Å². The van der Waals surface area contributed by atoms with Crippen LogP contribution in [0.15, 0.2) is 41.4 Å². The van der Waals surface area contributed by atoms with Gasteiger partial charge in [-0.15, -0.1) is 0 Å². The lowest BCUT2D eigenvalue weighted by Gasteiger charge is -2.02. The normalized spacial score (nSPS) is 10.3. The second kappa shape index (κ2) is 6.26. The highest BCUT2D eigenvalue weighted by molar-refractivity contribution is 7.99. The fourth-order valence-corrected chi connectivity index (χ4v) is 2.03. The van der Waals surface area contributed by atoms with Crippen LogP contribution >= 0.6 is 11.8 Å². The zero-order valence-corrected chi connectivity index (χ0v) is 10.9. The molecule has 0 saturated heterocycles. The number of carbonyl (C=O) groups excluding carboxylic acids is 1. The number of benzene rings is 1. The number of hydrogen-bond acceptors (Lipinski definition) is 4. The summed E-state index contributed by atoms with van der Waals surface area (Å²) in [6.45, 7) is 2.01. The second-order valence-electron chi connectivity index (χ2n) is 3.82. The van der Waals surface area contributed by atoms with Crippen LogP contribution in [0.2, 0.25) is 0 Å². The number of ketones is 1. The molecule has 1 aromatic heterocycles. The van der Waals surface area contributed by atoms with E-state index in [-0.39, 0.29) is 5.78 Å². The number of aromatic nitrogens is 2. The summed E-state index contributed by atoms with van der Waals surface area (Å²) < 4.78 is 5.58. The molecule has 0 radical (unpaired) electrons. The summed E-state index contributed by atoms with van der Waals surface area (Å²) in [7, 11) is 0. The first-order valence-electron chi connectivity index (χ1n) is 5.58. The maximum Gasteiger partial charge on any atom is 0.140 e. The number of nitrogens with one attached hydrogen (secondary N) is 1. The minimum absolute atomic E-state index is 0.144. The van der Waals surface area contributed by atoms with Crippen molar-refractivity contribution in [2.24, 2.45) is 0 Å². The van der Waals surface area contributed by atoms with Gasteiger partial charge in [0, 0.05) is 0 Å². The molecule has 0 spiro atoms. The average molecular weight is 262 g/mol. The lowest BCUT2D eigenvalue weighted by Crippen LogP contribution is -1.95. The zero-order chi connectivity index (χ0) is 12.8. The lowest BCUT2D eigenvalue weighted by molar-refractivity contribution is -0.114. The highest BCUT2D eigenvalue weighted by Crippen LogP contribution is 2.17. The summed E-state index contributed by atoms with van der Waals surface area (Å²) in [5, 5.41) is 7.82. The third-order valence-corrected chi connectivity index (χ3v) is 3.22. The summed E-state index contributed by atoms with van der Waals surface area (Å²) in [4.78, 5) is 10.9. The molecule has 1 N–H and O–H groups in total. The molecule has 18 heavy (non-hydrogen) atoms. The first kappa shape index (κ1) is 12.7. The highest BCUT2D eigenvalue weighted by atomic mass is 32.2. The summed E-state index contributed by atoms with van der Waals surface area (Å²) >= 11 is 1.42. The van der Waals surface area contributed by atoms with Gasteiger partial charge >= 0.3 is 0 Å². The maximum atomic E-state index is 10.9. The van der Waals surface area contributed by atoms with Gasteiger partial charge in [-0.25, -0.2) is 0 Å². The van der Waals surface area contributed by atoms with E-state index in [1.807, 2.05) is 36.4 Å². The molecular weight excluding hydrogens is 248 g/mol. The van der Waals surface area contributed by atoms with E-state index in [2.05, 4.69) is 10.2 Å². The summed E-state index contributed by atoms with van der Waals surface area (Å²) in [6.07, 6.45) is 0. The van der Waals surface area contributed by atoms with E-state index in [0.29, 0.717) is 12.4 Å². The van der Waals surface area contributed by atoms with Crippen molar-refractivity contribution in [3.05, 3.63) is 42.1 Å². The number of ether oxygens (including phenoxy) is 1. The van der Waals surface area contributed by atoms with Crippen LogP contribution in [0.25, 0.3) is 0 Å². The van der Waals surface area contributed by atoms with Crippen LogP contribution in [0.4, 0.5) is 0 Å². The van der Waals surface area contributed by atoms with Crippen LogP contribution in [0.3, 0.4) is 0 Å². The van der Waals surface area contributed by atoms with Crippen LogP contribution in [0.5, 0.6) is 5.75 Å². The van der Waals surface area contributed by atoms with Crippen molar-refractivity contribution in [1.29, 1.82) is 0 Å². The topological polar surface area (TPSA) is 55.0 Å². The highest BCUT2D eigenvalue weighted by Gasteiger charge is 2.04. The third kappa shape index (κ3) is 3.92. The van der Waals surface area contributed by atoms with Crippen molar-refractivity contribution < 1.29 is 9.53 Å². The average Bonchev–Trinajstić information content (AvgIpc) is 2.83. The molecule has 2 aromatic rings. The largest absolute Gasteiger partial charge is 0.487 e. The molecule has 4 nitrogen and oxygen atoms in total. The number of nitrogens with zero attached hydrogens (tertiary/aromatic N) is 1. The number of H-pyrrole nitrogens is 1. The fraction of sp³-hybridized carbons (Fsp3) is 0.231. The number of hydrogen-bond donors (Lipinski definition) is 1. The molecule has 0 unspecified atom stereocenters. The molecule has 94 valence electrons. The predicted molar refractivity (Wildman–Crippen MR) is 70.8 cm³/mol. The van der Waals surface area contributed by atoms with Crippen molar-refractivity contribution in [2.75, 3.05) is 5.75 Å². The number of thioether (sulfide) groups is 1. The van der Waals surface area contributed by atoms with E-state index in [1.54, 1.807) is 6.92 Å². The Bertz CT molecular complexity index is 511. The number of Topliss-reactive ketones (excluding diaryl/α,β-unsaturated/α-hetero) is 1. The van der Waals surface area contributed by atoms with Crippen molar-refractivity contribution >= 4 is 17.5 Å². The molecule has 1 heterocycles. The van der Waals surface area contributed by atoms with Gasteiger partial charge < -0.3 is 4.74 Å². The number of carbonyl (C=O) groups is 1. The molecular formula is C13H14N2O2S. The Labute approximate surface area is 110 Å². The van der Waals surface area contributed by atoms with Gasteiger partial charge in [0.2, 0.25) is 0 Å². The Hall–Kier alpha value is -1.75. The Morgan fingerprint density at radius 3 is 2.89 bits per heavy atom. The van der Waals surface area contributed by atoms with E-state index >= 15 is 0 Å². The van der Waals surface area contributed by atoms with E-state index in [4.69, 9.17) is 4.74 Å². The molecule has 2 rings (SSSR count). The molecule has 5 heteroatoms. The van der Waals surface area contributed by atoms with Gasteiger partial charge in [-0.05, 0) is 25.1 Å². The third-order valence-electron chi connectivity index (χ3n) is 2.17. The lowest BCUT2D eigenvalue weighted by atomic mass is 10.3. The standard InChI is InChI=1S/C13H14N2O2S/c1-10(16)9-18-13-7-11(14-15-13)8-17-12-5-3-2-4-6-12/h2-7H,8-9H2,1H3,(H,14,15). The quantitative estimate of drug-likeness (QED) is 0.813. The monoisotopic (exact) mass is 262 g/mol. The van der Waals surface area contributed by atoms with Gasteiger partial charge in [0.05, 0.1) is 11.4 Å². The maximum absolute atomic E-state index is 10.9. The molecule has 0 aliphatic rings. The van der Waals surface area contributed by atoms with Crippen LogP contribution in [0, 0.1) is 0 Å². The number of rotatable bonds is 6. The fourth-order valence-electron chi connectivity index (χ4n) is 1.34.